The Morgan fingerprint density at radius 3 is 2.80 bits per heavy atom. The molecule has 0 radical (unpaired) electrons. The van der Waals surface area contributed by atoms with E-state index in [0.29, 0.717) is 30.6 Å². The van der Waals surface area contributed by atoms with E-state index < -0.39 is 0 Å². The van der Waals surface area contributed by atoms with Crippen molar-refractivity contribution in [1.82, 2.24) is 4.98 Å². The molecule has 2 aromatic heterocycles. The average Bonchev–Trinajstić information content (AvgIpc) is 2.90. The van der Waals surface area contributed by atoms with Crippen LogP contribution in [0.2, 0.25) is 0 Å². The summed E-state index contributed by atoms with van der Waals surface area (Å²) in [5.41, 5.74) is 6.44. The van der Waals surface area contributed by atoms with Crippen LogP contribution in [0.4, 0.5) is 11.5 Å². The molecular weight excluding hydrogens is 254 g/mol. The Morgan fingerprint density at radius 2 is 2.15 bits per heavy atom. The van der Waals surface area contributed by atoms with Gasteiger partial charge in [-0.05, 0) is 30.2 Å². The number of nitrogen functional groups attached to an aromatic ring is 1. The van der Waals surface area contributed by atoms with E-state index in [0.717, 1.165) is 11.6 Å². The van der Waals surface area contributed by atoms with Crippen molar-refractivity contribution in [3.63, 3.8) is 0 Å². The van der Waals surface area contributed by atoms with Crippen molar-refractivity contribution in [3.8, 4) is 5.88 Å². The monoisotopic (exact) mass is 275 g/mol. The van der Waals surface area contributed by atoms with Crippen LogP contribution in [-0.2, 0) is 6.54 Å². The standard InChI is InChI=1S/C15H21N3O2/c1-11(2)10-20-15-13(16)6-7-14(17-15)18(3)9-12-5-4-8-19-12/h4-8,11H,9-10,16H2,1-3H3. The Hall–Kier alpha value is -2.17. The molecule has 0 fully saturated rings. The topological polar surface area (TPSA) is 64.5 Å². The molecule has 20 heavy (non-hydrogen) atoms. The maximum Gasteiger partial charge on any atom is 0.239 e. The largest absolute Gasteiger partial charge is 0.476 e. The number of nitrogens with two attached hydrogens (primary N) is 1. The zero-order valence-electron chi connectivity index (χ0n) is 12.2. The lowest BCUT2D eigenvalue weighted by atomic mass is 10.2. The fraction of sp³-hybridized carbons (Fsp3) is 0.400. The molecule has 0 unspecified atom stereocenters. The number of aromatic nitrogens is 1. The van der Waals surface area contributed by atoms with Crippen molar-refractivity contribution in [2.24, 2.45) is 5.92 Å². The lowest BCUT2D eigenvalue weighted by Gasteiger charge is -2.18. The Morgan fingerprint density at radius 1 is 1.35 bits per heavy atom. The van der Waals surface area contributed by atoms with Gasteiger partial charge in [0.2, 0.25) is 5.88 Å². The highest BCUT2D eigenvalue weighted by Gasteiger charge is 2.10. The van der Waals surface area contributed by atoms with E-state index in [1.165, 1.54) is 0 Å². The van der Waals surface area contributed by atoms with Crippen LogP contribution >= 0.6 is 0 Å². The lowest BCUT2D eigenvalue weighted by molar-refractivity contribution is 0.263. The molecule has 0 saturated heterocycles. The van der Waals surface area contributed by atoms with E-state index in [9.17, 15) is 0 Å². The predicted octanol–water partition coefficient (Wildman–Crippen LogP) is 2.93. The molecule has 5 heteroatoms. The lowest BCUT2D eigenvalue weighted by Crippen LogP contribution is -2.18. The second-order valence-electron chi connectivity index (χ2n) is 5.20. The van der Waals surface area contributed by atoms with Crippen LogP contribution in [-0.4, -0.2) is 18.6 Å². The van der Waals surface area contributed by atoms with Gasteiger partial charge in [-0.1, -0.05) is 13.8 Å². The highest BCUT2D eigenvalue weighted by molar-refractivity contribution is 5.54. The van der Waals surface area contributed by atoms with Crippen LogP contribution in [0.15, 0.2) is 34.9 Å². The molecule has 0 aromatic carbocycles. The van der Waals surface area contributed by atoms with Crippen LogP contribution in [0.25, 0.3) is 0 Å². The van der Waals surface area contributed by atoms with Crippen molar-refractivity contribution in [1.29, 1.82) is 0 Å². The Balaban J connectivity index is 2.09. The van der Waals surface area contributed by atoms with Crippen LogP contribution in [0.5, 0.6) is 5.88 Å². The van der Waals surface area contributed by atoms with Crippen molar-refractivity contribution >= 4 is 11.5 Å². The summed E-state index contributed by atoms with van der Waals surface area (Å²) < 4.78 is 11.0. The average molecular weight is 275 g/mol. The van der Waals surface area contributed by atoms with Gasteiger partial charge in [-0.2, -0.15) is 4.98 Å². The molecule has 0 bridgehead atoms. The second kappa shape index (κ2) is 6.32. The van der Waals surface area contributed by atoms with Crippen molar-refractivity contribution in [3.05, 3.63) is 36.3 Å². The molecule has 0 spiro atoms. The summed E-state index contributed by atoms with van der Waals surface area (Å²) in [4.78, 5) is 6.45. The third-order valence-corrected chi connectivity index (χ3v) is 2.79. The van der Waals surface area contributed by atoms with E-state index in [1.807, 2.05) is 36.2 Å². The molecule has 0 amide bonds. The number of nitrogens with zero attached hydrogens (tertiary/aromatic N) is 2. The van der Waals surface area contributed by atoms with Gasteiger partial charge in [-0.15, -0.1) is 0 Å². The fourth-order valence-electron chi connectivity index (χ4n) is 1.73. The van der Waals surface area contributed by atoms with Crippen molar-refractivity contribution in [2.75, 3.05) is 24.3 Å². The Kier molecular flexibility index (Phi) is 4.50. The highest BCUT2D eigenvalue weighted by Crippen LogP contribution is 2.24. The van der Waals surface area contributed by atoms with Crippen LogP contribution in [0.3, 0.4) is 0 Å². The van der Waals surface area contributed by atoms with E-state index in [4.69, 9.17) is 14.9 Å². The zero-order valence-corrected chi connectivity index (χ0v) is 12.2. The highest BCUT2D eigenvalue weighted by atomic mass is 16.5. The molecule has 0 aliphatic heterocycles. The molecule has 2 rings (SSSR count). The van der Waals surface area contributed by atoms with Crippen molar-refractivity contribution < 1.29 is 9.15 Å². The van der Waals surface area contributed by atoms with E-state index in [1.54, 1.807) is 6.26 Å². The van der Waals surface area contributed by atoms with Gasteiger partial charge in [0.05, 0.1) is 25.1 Å². The maximum atomic E-state index is 5.89. The number of hydrogen-bond donors (Lipinski definition) is 1. The normalized spacial score (nSPS) is 10.8. The minimum Gasteiger partial charge on any atom is -0.476 e. The number of anilines is 2. The number of pyridine rings is 1. The SMILES string of the molecule is CC(C)COc1nc(N(C)Cc2ccco2)ccc1N. The van der Waals surface area contributed by atoms with Gasteiger partial charge in [0, 0.05) is 7.05 Å². The van der Waals surface area contributed by atoms with Gasteiger partial charge in [0.15, 0.2) is 0 Å². The minimum atomic E-state index is 0.431. The molecule has 0 aliphatic carbocycles. The van der Waals surface area contributed by atoms with E-state index in [-0.39, 0.29) is 0 Å². The number of hydrogen-bond acceptors (Lipinski definition) is 5. The molecule has 2 N–H and O–H groups in total. The van der Waals surface area contributed by atoms with Gasteiger partial charge in [0.1, 0.15) is 11.6 Å². The molecule has 5 nitrogen and oxygen atoms in total. The Bertz CT molecular complexity index is 538. The van der Waals surface area contributed by atoms with E-state index >= 15 is 0 Å². The summed E-state index contributed by atoms with van der Waals surface area (Å²) in [6.07, 6.45) is 1.66. The molecule has 108 valence electrons. The first-order valence-electron chi connectivity index (χ1n) is 6.69. The maximum absolute atomic E-state index is 5.89. The zero-order chi connectivity index (χ0) is 14.5. The smallest absolute Gasteiger partial charge is 0.239 e. The van der Waals surface area contributed by atoms with Crippen LogP contribution < -0.4 is 15.4 Å². The van der Waals surface area contributed by atoms with Crippen LogP contribution in [0.1, 0.15) is 19.6 Å². The third-order valence-electron chi connectivity index (χ3n) is 2.79. The molecule has 0 atom stereocenters. The van der Waals surface area contributed by atoms with Gasteiger partial charge in [-0.25, -0.2) is 0 Å². The summed E-state index contributed by atoms with van der Waals surface area (Å²) >= 11 is 0. The van der Waals surface area contributed by atoms with Gasteiger partial charge < -0.3 is 19.8 Å². The number of rotatable bonds is 6. The van der Waals surface area contributed by atoms with Gasteiger partial charge in [0.25, 0.3) is 0 Å². The number of ether oxygens (including phenoxy) is 1. The summed E-state index contributed by atoms with van der Waals surface area (Å²) in [5, 5.41) is 0. The summed E-state index contributed by atoms with van der Waals surface area (Å²) in [6.45, 7) is 5.42. The second-order valence-corrected chi connectivity index (χ2v) is 5.20. The first-order chi connectivity index (χ1) is 9.56. The molecule has 2 heterocycles. The van der Waals surface area contributed by atoms with Gasteiger partial charge in [-0.3, -0.25) is 0 Å². The summed E-state index contributed by atoms with van der Waals surface area (Å²) in [5.74, 6) is 2.60. The first-order valence-corrected chi connectivity index (χ1v) is 6.69. The Labute approximate surface area is 119 Å². The van der Waals surface area contributed by atoms with Crippen LogP contribution in [0, 0.1) is 5.92 Å². The predicted molar refractivity (Wildman–Crippen MR) is 79.8 cm³/mol. The molecule has 0 saturated carbocycles. The quantitative estimate of drug-likeness (QED) is 0.878. The number of furan rings is 1. The van der Waals surface area contributed by atoms with Gasteiger partial charge >= 0.3 is 0 Å². The molecule has 2 aromatic rings. The minimum absolute atomic E-state index is 0.431. The summed E-state index contributed by atoms with van der Waals surface area (Å²) in [6, 6.07) is 7.50. The fourth-order valence-corrected chi connectivity index (χ4v) is 1.73. The molecule has 0 aliphatic rings. The van der Waals surface area contributed by atoms with E-state index in [2.05, 4.69) is 18.8 Å². The summed E-state index contributed by atoms with van der Waals surface area (Å²) in [7, 11) is 1.95. The third kappa shape index (κ3) is 3.66. The van der Waals surface area contributed by atoms with Crippen molar-refractivity contribution in [2.45, 2.75) is 20.4 Å². The molecular formula is C15H21N3O2. The first kappa shape index (κ1) is 14.2.